The highest BCUT2D eigenvalue weighted by Crippen LogP contribution is 2.58. The Bertz CT molecular complexity index is 486. The standard InChI is InChI=1S/C16H31NO3S/c1-14(2,3)16(8-9-16)21(18,19)15(4,5)12-17-10-7-13(11-17)20-6/h13H,7-12H2,1-6H3. The summed E-state index contributed by atoms with van der Waals surface area (Å²) in [5.74, 6) is 0. The van der Waals surface area contributed by atoms with Gasteiger partial charge in [0.05, 0.1) is 15.6 Å². The van der Waals surface area contributed by atoms with Gasteiger partial charge in [-0.15, -0.1) is 0 Å². The average molecular weight is 317 g/mol. The van der Waals surface area contributed by atoms with Crippen LogP contribution in [0, 0.1) is 5.41 Å². The maximum atomic E-state index is 13.3. The molecule has 124 valence electrons. The fourth-order valence-corrected chi connectivity index (χ4v) is 6.68. The first-order valence-corrected chi connectivity index (χ1v) is 9.44. The molecule has 1 heterocycles. The second-order valence-electron chi connectivity index (χ2n) is 8.39. The van der Waals surface area contributed by atoms with E-state index in [4.69, 9.17) is 4.74 Å². The van der Waals surface area contributed by atoms with Crippen LogP contribution in [0.2, 0.25) is 0 Å². The van der Waals surface area contributed by atoms with Gasteiger partial charge in [-0.3, -0.25) is 4.90 Å². The molecule has 5 heteroatoms. The third-order valence-corrected chi connectivity index (χ3v) is 9.11. The number of nitrogens with zero attached hydrogens (tertiary/aromatic N) is 1. The fourth-order valence-electron chi connectivity index (χ4n) is 3.82. The first-order valence-electron chi connectivity index (χ1n) is 7.96. The lowest BCUT2D eigenvalue weighted by atomic mass is 9.89. The lowest BCUT2D eigenvalue weighted by molar-refractivity contribution is 0.107. The van der Waals surface area contributed by atoms with E-state index in [2.05, 4.69) is 25.7 Å². The van der Waals surface area contributed by atoms with E-state index in [0.717, 1.165) is 32.4 Å². The summed E-state index contributed by atoms with van der Waals surface area (Å²) in [5.41, 5.74) is -0.191. The van der Waals surface area contributed by atoms with Crippen molar-refractivity contribution in [1.82, 2.24) is 4.90 Å². The van der Waals surface area contributed by atoms with Crippen LogP contribution in [0.5, 0.6) is 0 Å². The molecular formula is C16H31NO3S. The number of hydrogen-bond donors (Lipinski definition) is 0. The van der Waals surface area contributed by atoms with Crippen molar-refractivity contribution < 1.29 is 13.2 Å². The van der Waals surface area contributed by atoms with Gasteiger partial charge in [-0.05, 0) is 38.5 Å². The number of sulfone groups is 1. The summed E-state index contributed by atoms with van der Waals surface area (Å²) < 4.78 is 30.7. The molecule has 0 aromatic rings. The van der Waals surface area contributed by atoms with Crippen LogP contribution in [0.4, 0.5) is 0 Å². The molecule has 0 amide bonds. The van der Waals surface area contributed by atoms with E-state index in [1.807, 2.05) is 13.8 Å². The van der Waals surface area contributed by atoms with Crippen molar-refractivity contribution in [2.75, 3.05) is 26.7 Å². The summed E-state index contributed by atoms with van der Waals surface area (Å²) in [6.45, 7) is 12.4. The van der Waals surface area contributed by atoms with Gasteiger partial charge < -0.3 is 4.74 Å². The summed E-state index contributed by atoms with van der Waals surface area (Å²) in [4.78, 5) is 2.24. The molecule has 21 heavy (non-hydrogen) atoms. The van der Waals surface area contributed by atoms with Crippen molar-refractivity contribution in [2.45, 2.75) is 69.5 Å². The second kappa shape index (κ2) is 5.20. The van der Waals surface area contributed by atoms with Crippen LogP contribution >= 0.6 is 0 Å². The first-order chi connectivity index (χ1) is 9.47. The van der Waals surface area contributed by atoms with Crippen molar-refractivity contribution >= 4 is 9.84 Å². The molecule has 0 aromatic carbocycles. The van der Waals surface area contributed by atoms with Gasteiger partial charge in [-0.1, -0.05) is 20.8 Å². The predicted octanol–water partition coefficient (Wildman–Crippen LogP) is 2.48. The van der Waals surface area contributed by atoms with E-state index in [1.165, 1.54) is 0 Å². The molecular weight excluding hydrogens is 286 g/mol. The van der Waals surface area contributed by atoms with Crippen LogP contribution in [0.25, 0.3) is 0 Å². The molecule has 1 aliphatic heterocycles. The van der Waals surface area contributed by atoms with Gasteiger partial charge >= 0.3 is 0 Å². The van der Waals surface area contributed by atoms with Crippen LogP contribution in [0.3, 0.4) is 0 Å². The molecule has 2 aliphatic rings. The van der Waals surface area contributed by atoms with E-state index in [0.29, 0.717) is 6.54 Å². The Kier molecular flexibility index (Phi) is 4.27. The number of likely N-dealkylation sites (tertiary alicyclic amines) is 1. The van der Waals surface area contributed by atoms with E-state index in [1.54, 1.807) is 7.11 Å². The normalized spacial score (nSPS) is 27.0. The molecule has 4 nitrogen and oxygen atoms in total. The van der Waals surface area contributed by atoms with Crippen LogP contribution < -0.4 is 0 Å². The summed E-state index contributed by atoms with van der Waals surface area (Å²) in [6.07, 6.45) is 2.86. The molecule has 1 saturated carbocycles. The van der Waals surface area contributed by atoms with Crippen molar-refractivity contribution in [3.8, 4) is 0 Å². The zero-order valence-electron chi connectivity index (χ0n) is 14.4. The van der Waals surface area contributed by atoms with Gasteiger partial charge in [0.1, 0.15) is 0 Å². The van der Waals surface area contributed by atoms with Gasteiger partial charge in [0.2, 0.25) is 0 Å². The smallest absolute Gasteiger partial charge is 0.162 e. The Hall–Kier alpha value is -0.130. The minimum absolute atomic E-state index is 0.191. The van der Waals surface area contributed by atoms with Crippen LogP contribution in [-0.2, 0) is 14.6 Å². The fraction of sp³-hybridized carbons (Fsp3) is 1.00. The number of hydrogen-bond acceptors (Lipinski definition) is 4. The Morgan fingerprint density at radius 3 is 2.14 bits per heavy atom. The van der Waals surface area contributed by atoms with Gasteiger partial charge in [0.25, 0.3) is 0 Å². The molecule has 1 atom stereocenters. The van der Waals surface area contributed by atoms with Gasteiger partial charge in [0, 0.05) is 26.7 Å². The number of ether oxygens (including phenoxy) is 1. The van der Waals surface area contributed by atoms with Gasteiger partial charge in [-0.2, -0.15) is 0 Å². The highest BCUT2D eigenvalue weighted by Gasteiger charge is 2.65. The zero-order chi connectivity index (χ0) is 16.1. The van der Waals surface area contributed by atoms with Crippen molar-refractivity contribution in [3.63, 3.8) is 0 Å². The van der Waals surface area contributed by atoms with E-state index >= 15 is 0 Å². The monoisotopic (exact) mass is 317 g/mol. The first kappa shape index (κ1) is 17.2. The Labute approximate surface area is 130 Å². The topological polar surface area (TPSA) is 46.6 Å². The van der Waals surface area contributed by atoms with Crippen LogP contribution in [0.1, 0.15) is 53.9 Å². The quantitative estimate of drug-likeness (QED) is 0.781. The lowest BCUT2D eigenvalue weighted by Crippen LogP contribution is -2.52. The average Bonchev–Trinajstić information content (AvgIpc) is 3.06. The van der Waals surface area contributed by atoms with E-state index in [-0.39, 0.29) is 11.5 Å². The minimum Gasteiger partial charge on any atom is -0.380 e. The second-order valence-corrected chi connectivity index (χ2v) is 11.3. The summed E-state index contributed by atoms with van der Waals surface area (Å²) in [7, 11) is -1.45. The molecule has 0 bridgehead atoms. The zero-order valence-corrected chi connectivity index (χ0v) is 15.2. The molecule has 2 rings (SSSR count). The highest BCUT2D eigenvalue weighted by molar-refractivity contribution is 7.94. The van der Waals surface area contributed by atoms with E-state index in [9.17, 15) is 8.42 Å². The van der Waals surface area contributed by atoms with Crippen molar-refractivity contribution in [3.05, 3.63) is 0 Å². The SMILES string of the molecule is COC1CCN(CC(C)(C)S(=O)(=O)C2(C(C)(C)C)CC2)C1. The maximum absolute atomic E-state index is 13.3. The van der Waals surface area contributed by atoms with Crippen LogP contribution in [0.15, 0.2) is 0 Å². The van der Waals surface area contributed by atoms with Gasteiger partial charge in [-0.25, -0.2) is 8.42 Å². The summed E-state index contributed by atoms with van der Waals surface area (Å²) >= 11 is 0. The van der Waals surface area contributed by atoms with Gasteiger partial charge in [0.15, 0.2) is 9.84 Å². The molecule has 1 unspecified atom stereocenters. The number of rotatable bonds is 5. The Balaban J connectivity index is 2.16. The highest BCUT2D eigenvalue weighted by atomic mass is 32.2. The van der Waals surface area contributed by atoms with Crippen LogP contribution in [-0.4, -0.2) is 55.7 Å². The predicted molar refractivity (Wildman–Crippen MR) is 86.3 cm³/mol. The minimum atomic E-state index is -3.18. The third kappa shape index (κ3) is 2.77. The molecule has 2 fully saturated rings. The maximum Gasteiger partial charge on any atom is 0.162 e. The Morgan fingerprint density at radius 1 is 1.19 bits per heavy atom. The Morgan fingerprint density at radius 2 is 1.76 bits per heavy atom. The van der Waals surface area contributed by atoms with Crippen molar-refractivity contribution in [1.29, 1.82) is 0 Å². The lowest BCUT2D eigenvalue weighted by Gasteiger charge is -2.39. The molecule has 1 aliphatic carbocycles. The third-order valence-electron chi connectivity index (χ3n) is 5.48. The summed E-state index contributed by atoms with van der Waals surface area (Å²) in [6, 6.07) is 0. The largest absolute Gasteiger partial charge is 0.380 e. The molecule has 0 radical (unpaired) electrons. The van der Waals surface area contributed by atoms with E-state index < -0.39 is 19.3 Å². The molecule has 1 saturated heterocycles. The summed E-state index contributed by atoms with van der Waals surface area (Å²) in [5, 5.41) is 0. The molecule has 0 aromatic heterocycles. The molecule has 0 N–H and O–H groups in total. The van der Waals surface area contributed by atoms with Crippen molar-refractivity contribution in [2.24, 2.45) is 5.41 Å². The number of methoxy groups -OCH3 is 1. The molecule has 0 spiro atoms.